The highest BCUT2D eigenvalue weighted by Gasteiger charge is 2.35. The van der Waals surface area contributed by atoms with Gasteiger partial charge < -0.3 is 0 Å². The summed E-state index contributed by atoms with van der Waals surface area (Å²) in [6.45, 7) is 1.04. The van der Waals surface area contributed by atoms with Gasteiger partial charge in [0.1, 0.15) is 10.6 Å². The Kier molecular flexibility index (Phi) is 3.74. The molecule has 82 valence electrons. The maximum absolute atomic E-state index is 3.13. The highest BCUT2D eigenvalue weighted by atomic mass is 32.1. The van der Waals surface area contributed by atoms with Gasteiger partial charge in [-0.15, -0.1) is 0 Å². The number of rotatable bonds is 3. The molecule has 2 rings (SSSR count). The van der Waals surface area contributed by atoms with E-state index < -0.39 is 6.95 Å². The second-order valence-electron chi connectivity index (χ2n) is 3.86. The smallest absolute Gasteiger partial charge is 0.0620 e. The van der Waals surface area contributed by atoms with Gasteiger partial charge in [-0.1, -0.05) is 36.4 Å². The molecule has 2 aromatic rings. The Morgan fingerprint density at radius 1 is 0.812 bits per heavy atom. The van der Waals surface area contributed by atoms with E-state index in [1.54, 1.807) is 0 Å². The van der Waals surface area contributed by atoms with E-state index in [0.717, 1.165) is 0 Å². The van der Waals surface area contributed by atoms with Crippen molar-refractivity contribution >= 4 is 26.5 Å². The average molecular weight is 247 g/mol. The summed E-state index contributed by atoms with van der Waals surface area (Å²) in [6.07, 6.45) is 1.19. The lowest BCUT2D eigenvalue weighted by atomic mass is 10.4. The van der Waals surface area contributed by atoms with Crippen molar-refractivity contribution in [2.24, 2.45) is 0 Å². The van der Waals surface area contributed by atoms with E-state index in [2.05, 4.69) is 76.5 Å². The largest absolute Gasteiger partial charge is 0.101 e. The van der Waals surface area contributed by atoms with Crippen LogP contribution in [-0.2, 0) is 0 Å². The van der Waals surface area contributed by atoms with Gasteiger partial charge >= 0.3 is 0 Å². The van der Waals surface area contributed by atoms with Crippen molar-refractivity contribution in [1.82, 2.24) is 0 Å². The molecule has 2 heteroatoms. The van der Waals surface area contributed by atoms with E-state index in [1.165, 1.54) is 16.8 Å². The third-order valence-corrected chi connectivity index (χ3v) is 9.25. The van der Waals surface area contributed by atoms with Gasteiger partial charge in [-0.3, -0.25) is 0 Å². The summed E-state index contributed by atoms with van der Waals surface area (Å²) in [4.78, 5) is 0. The molecule has 0 amide bonds. The highest BCUT2D eigenvalue weighted by Crippen LogP contribution is 2.63. The Labute approximate surface area is 101 Å². The standard InChI is InChI=1S/C14H17P2/c1-2-16(15,13-9-5-3-6-10-13)14-11-7-4-8-12-14/h3-12H,2,15H2,1H3/q+1. The molecule has 1 unspecified atom stereocenters. The third kappa shape index (κ3) is 2.19. The fourth-order valence-electron chi connectivity index (χ4n) is 1.90. The summed E-state index contributed by atoms with van der Waals surface area (Å²) < 4.78 is 0. The minimum Gasteiger partial charge on any atom is -0.0620 e. The maximum atomic E-state index is 3.13. The summed E-state index contributed by atoms with van der Waals surface area (Å²) in [7, 11) is 3.13. The zero-order valence-corrected chi connectivity index (χ0v) is 11.6. The van der Waals surface area contributed by atoms with E-state index in [1.807, 2.05) is 0 Å². The molecular formula is C14H17P2+. The molecule has 0 nitrogen and oxygen atoms in total. The molecule has 0 spiro atoms. The van der Waals surface area contributed by atoms with E-state index in [9.17, 15) is 0 Å². The molecule has 0 aliphatic heterocycles. The Morgan fingerprint density at radius 2 is 1.19 bits per heavy atom. The molecule has 0 saturated carbocycles. The normalized spacial score (nSPS) is 11.4. The second-order valence-corrected chi connectivity index (χ2v) is 9.90. The molecular weight excluding hydrogens is 230 g/mol. The van der Waals surface area contributed by atoms with E-state index in [-0.39, 0.29) is 0 Å². The van der Waals surface area contributed by atoms with Gasteiger partial charge in [0.05, 0.1) is 13.1 Å². The quantitative estimate of drug-likeness (QED) is 0.728. The van der Waals surface area contributed by atoms with Crippen LogP contribution in [0.2, 0.25) is 0 Å². The molecule has 16 heavy (non-hydrogen) atoms. The summed E-state index contributed by atoms with van der Waals surface area (Å²) in [5, 5.41) is 2.93. The van der Waals surface area contributed by atoms with Gasteiger partial charge in [-0.2, -0.15) is 0 Å². The van der Waals surface area contributed by atoms with Crippen LogP contribution >= 0.6 is 15.9 Å². The topological polar surface area (TPSA) is 0 Å². The van der Waals surface area contributed by atoms with Gasteiger partial charge in [0.25, 0.3) is 0 Å². The number of benzene rings is 2. The first-order valence-electron chi connectivity index (χ1n) is 5.55. The van der Waals surface area contributed by atoms with Crippen LogP contribution in [0.1, 0.15) is 6.92 Å². The van der Waals surface area contributed by atoms with E-state index in [0.29, 0.717) is 0 Å². The van der Waals surface area contributed by atoms with Crippen LogP contribution in [0.15, 0.2) is 60.7 Å². The van der Waals surface area contributed by atoms with Gasteiger partial charge in [-0.25, -0.2) is 0 Å². The first-order chi connectivity index (χ1) is 7.77. The SMILES string of the molecule is CC[P+](P)(c1ccccc1)c1ccccc1. The Hall–Kier alpha value is -0.700. The zero-order chi connectivity index (χ0) is 11.4. The van der Waals surface area contributed by atoms with Crippen molar-refractivity contribution in [2.45, 2.75) is 6.92 Å². The fourth-order valence-corrected chi connectivity index (χ4v) is 5.37. The predicted octanol–water partition coefficient (Wildman–Crippen LogP) is 3.47. The predicted molar refractivity (Wildman–Crippen MR) is 79.3 cm³/mol. The molecule has 1 atom stereocenters. The lowest BCUT2D eigenvalue weighted by molar-refractivity contribution is 1.50. The van der Waals surface area contributed by atoms with Crippen LogP contribution in [0, 0.1) is 0 Å². The minimum absolute atomic E-state index is 1.19. The van der Waals surface area contributed by atoms with E-state index in [4.69, 9.17) is 0 Å². The Bertz CT molecular complexity index is 397. The fraction of sp³-hybridized carbons (Fsp3) is 0.143. The van der Waals surface area contributed by atoms with Crippen molar-refractivity contribution < 1.29 is 0 Å². The molecule has 0 saturated heterocycles. The van der Waals surface area contributed by atoms with Crippen LogP contribution in [-0.4, -0.2) is 6.16 Å². The molecule has 0 aliphatic carbocycles. The van der Waals surface area contributed by atoms with Crippen LogP contribution in [0.3, 0.4) is 0 Å². The summed E-state index contributed by atoms with van der Waals surface area (Å²) in [5.41, 5.74) is 0. The van der Waals surface area contributed by atoms with Gasteiger partial charge in [0, 0.05) is 8.93 Å². The third-order valence-electron chi connectivity index (χ3n) is 2.93. The van der Waals surface area contributed by atoms with Gasteiger partial charge in [0.2, 0.25) is 0 Å². The highest BCUT2D eigenvalue weighted by molar-refractivity contribution is 8.32. The van der Waals surface area contributed by atoms with Crippen molar-refractivity contribution in [3.63, 3.8) is 0 Å². The summed E-state index contributed by atoms with van der Waals surface area (Å²) in [5.74, 6) is 0. The van der Waals surface area contributed by atoms with Crippen molar-refractivity contribution in [3.05, 3.63) is 60.7 Å². The Morgan fingerprint density at radius 3 is 1.50 bits per heavy atom. The minimum atomic E-state index is -1.24. The molecule has 0 heterocycles. The van der Waals surface area contributed by atoms with Crippen molar-refractivity contribution in [2.75, 3.05) is 6.16 Å². The molecule has 0 N–H and O–H groups in total. The van der Waals surface area contributed by atoms with Crippen LogP contribution in [0.5, 0.6) is 0 Å². The molecule has 0 bridgehead atoms. The molecule has 0 aromatic heterocycles. The van der Waals surface area contributed by atoms with Crippen LogP contribution < -0.4 is 10.6 Å². The average Bonchev–Trinajstić information content (AvgIpc) is 2.40. The Balaban J connectivity index is 2.49. The lowest BCUT2D eigenvalue weighted by Crippen LogP contribution is -2.18. The van der Waals surface area contributed by atoms with Gasteiger partial charge in [0.15, 0.2) is 0 Å². The van der Waals surface area contributed by atoms with E-state index >= 15 is 0 Å². The zero-order valence-electron chi connectivity index (χ0n) is 9.51. The summed E-state index contributed by atoms with van der Waals surface area (Å²) in [6, 6.07) is 21.7. The molecule has 0 fully saturated rings. The van der Waals surface area contributed by atoms with Crippen LogP contribution in [0.4, 0.5) is 0 Å². The monoisotopic (exact) mass is 247 g/mol. The first kappa shape index (κ1) is 11.8. The first-order valence-corrected chi connectivity index (χ1v) is 9.14. The maximum Gasteiger partial charge on any atom is 0.101 e. The molecule has 0 aliphatic rings. The summed E-state index contributed by atoms with van der Waals surface area (Å²) >= 11 is 0. The van der Waals surface area contributed by atoms with Crippen molar-refractivity contribution in [3.8, 4) is 0 Å². The number of hydrogen-bond acceptors (Lipinski definition) is 0. The molecule has 0 radical (unpaired) electrons. The molecule has 2 aromatic carbocycles. The van der Waals surface area contributed by atoms with Gasteiger partial charge in [-0.05, 0) is 31.2 Å². The number of hydrogen-bond donors (Lipinski definition) is 0. The van der Waals surface area contributed by atoms with Crippen molar-refractivity contribution in [1.29, 1.82) is 0 Å². The lowest BCUT2D eigenvalue weighted by Gasteiger charge is -2.20. The van der Waals surface area contributed by atoms with Crippen LogP contribution in [0.25, 0.3) is 0 Å². The second kappa shape index (κ2) is 5.09.